The Morgan fingerprint density at radius 2 is 1.66 bits per heavy atom. The summed E-state index contributed by atoms with van der Waals surface area (Å²) in [6.07, 6.45) is 0.571. The molecule has 0 amide bonds. The Labute approximate surface area is 206 Å². The van der Waals surface area contributed by atoms with Gasteiger partial charge in [-0.05, 0) is 54.8 Å². The van der Waals surface area contributed by atoms with Crippen molar-refractivity contribution in [2.45, 2.75) is 33.5 Å². The minimum absolute atomic E-state index is 0.0217. The summed E-state index contributed by atoms with van der Waals surface area (Å²) in [6.45, 7) is 5.85. The molecule has 3 aromatic carbocycles. The van der Waals surface area contributed by atoms with Crippen LogP contribution in [0.3, 0.4) is 0 Å². The van der Waals surface area contributed by atoms with Crippen LogP contribution in [0.5, 0.6) is 5.75 Å². The zero-order valence-corrected chi connectivity index (χ0v) is 20.4. The van der Waals surface area contributed by atoms with Crippen molar-refractivity contribution in [2.24, 2.45) is 0 Å². The van der Waals surface area contributed by atoms with E-state index in [1.165, 1.54) is 5.56 Å². The third-order valence-corrected chi connectivity index (χ3v) is 6.48. The van der Waals surface area contributed by atoms with Crippen molar-refractivity contribution in [3.8, 4) is 5.75 Å². The maximum atomic E-state index is 13.8. The van der Waals surface area contributed by atoms with Crippen molar-refractivity contribution in [1.82, 2.24) is 14.5 Å². The normalized spacial score (nSPS) is 13.5. The molecule has 5 rings (SSSR count). The summed E-state index contributed by atoms with van der Waals surface area (Å²) in [7, 11) is 1.67. The lowest BCUT2D eigenvalue weighted by molar-refractivity contribution is 0.189. The Kier molecular flexibility index (Phi) is 6.38. The fourth-order valence-electron chi connectivity index (χ4n) is 4.61. The topological polar surface area (TPSA) is 50.6 Å². The van der Waals surface area contributed by atoms with E-state index < -0.39 is 0 Å². The molecule has 1 aliphatic heterocycles. The van der Waals surface area contributed by atoms with Crippen LogP contribution < -0.4 is 15.2 Å². The van der Waals surface area contributed by atoms with Crippen LogP contribution in [-0.2, 0) is 19.6 Å². The first-order valence-electron chi connectivity index (χ1n) is 11.9. The van der Waals surface area contributed by atoms with Gasteiger partial charge in [0, 0.05) is 24.2 Å². The average Bonchev–Trinajstić information content (AvgIpc) is 2.88. The van der Waals surface area contributed by atoms with E-state index in [0.29, 0.717) is 32.3 Å². The highest BCUT2D eigenvalue weighted by Gasteiger charge is 2.28. The van der Waals surface area contributed by atoms with E-state index >= 15 is 0 Å². The van der Waals surface area contributed by atoms with Gasteiger partial charge in [-0.25, -0.2) is 4.98 Å². The summed E-state index contributed by atoms with van der Waals surface area (Å²) in [4.78, 5) is 23.2. The average molecular weight is 467 g/mol. The van der Waals surface area contributed by atoms with E-state index in [-0.39, 0.29) is 5.56 Å². The van der Waals surface area contributed by atoms with Gasteiger partial charge in [0.15, 0.2) is 0 Å². The monoisotopic (exact) mass is 466 g/mol. The largest absolute Gasteiger partial charge is 0.497 e. The van der Waals surface area contributed by atoms with Crippen molar-refractivity contribution < 1.29 is 4.74 Å². The fraction of sp³-hybridized carbons (Fsp3) is 0.241. The third kappa shape index (κ3) is 4.84. The highest BCUT2D eigenvalue weighted by molar-refractivity contribution is 5.59. The molecule has 0 N–H and O–H groups in total. The summed E-state index contributed by atoms with van der Waals surface area (Å²) >= 11 is 0. The van der Waals surface area contributed by atoms with Crippen molar-refractivity contribution in [2.75, 3.05) is 18.7 Å². The number of aromatic nitrogens is 2. The fourth-order valence-corrected chi connectivity index (χ4v) is 4.61. The highest BCUT2D eigenvalue weighted by atomic mass is 16.5. The van der Waals surface area contributed by atoms with E-state index in [0.717, 1.165) is 33.8 Å². The first kappa shape index (κ1) is 22.9. The molecule has 2 heterocycles. The molecule has 178 valence electrons. The van der Waals surface area contributed by atoms with Crippen molar-refractivity contribution in [3.05, 3.63) is 117 Å². The van der Waals surface area contributed by atoms with E-state index in [9.17, 15) is 4.79 Å². The Balaban J connectivity index is 1.55. The van der Waals surface area contributed by atoms with Crippen LogP contribution in [0.1, 0.15) is 27.9 Å². The quantitative estimate of drug-likeness (QED) is 0.399. The second kappa shape index (κ2) is 9.76. The van der Waals surface area contributed by atoms with Crippen LogP contribution in [0.15, 0.2) is 83.7 Å². The number of fused-ring (bicyclic) bond motifs is 1. The van der Waals surface area contributed by atoms with Gasteiger partial charge in [0.2, 0.25) is 5.95 Å². The molecule has 0 saturated carbocycles. The molecule has 0 aliphatic carbocycles. The molecular formula is C29H30N4O2. The Bertz CT molecular complexity index is 1380. The molecule has 4 aromatic rings. The Morgan fingerprint density at radius 1 is 0.886 bits per heavy atom. The Morgan fingerprint density at radius 3 is 2.37 bits per heavy atom. The molecule has 0 fully saturated rings. The maximum Gasteiger partial charge on any atom is 0.259 e. The van der Waals surface area contributed by atoms with Crippen LogP contribution in [0.25, 0.3) is 0 Å². The number of benzene rings is 3. The predicted octanol–water partition coefficient (Wildman–Crippen LogP) is 5.03. The number of nitrogens with zero attached hydrogens (tertiary/aromatic N) is 4. The second-order valence-electron chi connectivity index (χ2n) is 9.10. The van der Waals surface area contributed by atoms with Gasteiger partial charge in [0.05, 0.1) is 26.1 Å². The number of ether oxygens (including phenoxy) is 1. The van der Waals surface area contributed by atoms with Crippen molar-refractivity contribution in [3.63, 3.8) is 0 Å². The molecule has 1 aromatic heterocycles. The van der Waals surface area contributed by atoms with Gasteiger partial charge in [-0.3, -0.25) is 19.2 Å². The van der Waals surface area contributed by atoms with E-state index in [4.69, 9.17) is 9.72 Å². The lowest BCUT2D eigenvalue weighted by Gasteiger charge is -2.38. The van der Waals surface area contributed by atoms with Crippen molar-refractivity contribution in [1.29, 1.82) is 0 Å². The molecule has 0 spiro atoms. The van der Waals surface area contributed by atoms with Crippen LogP contribution in [-0.4, -0.2) is 28.2 Å². The maximum absolute atomic E-state index is 13.8. The number of rotatable bonds is 6. The SMILES string of the molecule is COc1ccc(CN2CN(c3cccc(C)c3)c3nc(C)c(Cc4ccccc4)c(=O)n3C2)cc1. The number of hydrogen-bond acceptors (Lipinski definition) is 5. The van der Waals surface area contributed by atoms with Gasteiger partial charge in [0.1, 0.15) is 5.75 Å². The summed E-state index contributed by atoms with van der Waals surface area (Å²) < 4.78 is 7.13. The van der Waals surface area contributed by atoms with Gasteiger partial charge in [0.25, 0.3) is 5.56 Å². The number of anilines is 2. The predicted molar refractivity (Wildman–Crippen MR) is 139 cm³/mol. The van der Waals surface area contributed by atoms with E-state index in [1.807, 2.05) is 47.9 Å². The smallest absolute Gasteiger partial charge is 0.259 e. The zero-order valence-electron chi connectivity index (χ0n) is 20.4. The van der Waals surface area contributed by atoms with Gasteiger partial charge >= 0.3 is 0 Å². The second-order valence-corrected chi connectivity index (χ2v) is 9.10. The minimum Gasteiger partial charge on any atom is -0.497 e. The lowest BCUT2D eigenvalue weighted by Crippen LogP contribution is -2.47. The lowest BCUT2D eigenvalue weighted by atomic mass is 10.1. The number of hydrogen-bond donors (Lipinski definition) is 0. The molecule has 6 nitrogen and oxygen atoms in total. The zero-order chi connectivity index (χ0) is 24.4. The molecule has 0 atom stereocenters. The van der Waals surface area contributed by atoms with Gasteiger partial charge in [-0.2, -0.15) is 0 Å². The standard InChI is InChI=1S/C29H30N4O2/c1-21-8-7-11-25(16-21)32-19-31(18-24-12-14-26(35-3)15-13-24)20-33-28(34)27(22(2)30-29(32)33)17-23-9-5-4-6-10-23/h4-16H,17-20H2,1-3H3. The summed E-state index contributed by atoms with van der Waals surface area (Å²) in [5.41, 5.74) is 6.02. The molecule has 0 unspecified atom stereocenters. The van der Waals surface area contributed by atoms with E-state index in [2.05, 4.69) is 59.2 Å². The molecule has 0 bridgehead atoms. The summed E-state index contributed by atoms with van der Waals surface area (Å²) in [6, 6.07) is 26.5. The first-order chi connectivity index (χ1) is 17.0. The van der Waals surface area contributed by atoms with Gasteiger partial charge in [-0.15, -0.1) is 0 Å². The van der Waals surface area contributed by atoms with Gasteiger partial charge < -0.3 is 4.74 Å². The number of aryl methyl sites for hydroxylation is 2. The third-order valence-electron chi connectivity index (χ3n) is 6.48. The summed E-state index contributed by atoms with van der Waals surface area (Å²) in [5, 5.41) is 0. The molecule has 35 heavy (non-hydrogen) atoms. The van der Waals surface area contributed by atoms with Crippen LogP contribution in [0.4, 0.5) is 11.6 Å². The highest BCUT2D eigenvalue weighted by Crippen LogP contribution is 2.29. The molecule has 6 heteroatoms. The molecular weight excluding hydrogens is 436 g/mol. The van der Waals surface area contributed by atoms with Gasteiger partial charge in [-0.1, -0.05) is 54.6 Å². The minimum atomic E-state index is 0.0217. The Hall–Kier alpha value is -3.90. The first-order valence-corrected chi connectivity index (χ1v) is 11.9. The molecule has 0 saturated heterocycles. The number of methoxy groups -OCH3 is 1. The van der Waals surface area contributed by atoms with Crippen LogP contribution in [0, 0.1) is 13.8 Å². The molecule has 0 radical (unpaired) electrons. The van der Waals surface area contributed by atoms with Crippen molar-refractivity contribution >= 4 is 11.6 Å². The summed E-state index contributed by atoms with van der Waals surface area (Å²) in [5.74, 6) is 1.53. The van der Waals surface area contributed by atoms with E-state index in [1.54, 1.807) is 7.11 Å². The van der Waals surface area contributed by atoms with Crippen LogP contribution in [0.2, 0.25) is 0 Å². The van der Waals surface area contributed by atoms with Crippen LogP contribution >= 0.6 is 0 Å². The molecule has 1 aliphatic rings.